The summed E-state index contributed by atoms with van der Waals surface area (Å²) >= 11 is 0. The zero-order valence-corrected chi connectivity index (χ0v) is 12.2. The number of nitrogens with one attached hydrogen (secondary N) is 3. The van der Waals surface area contributed by atoms with E-state index in [-0.39, 0.29) is 12.1 Å². The highest BCUT2D eigenvalue weighted by molar-refractivity contribution is 5.89. The SMILES string of the molecule is CC1CCCCCC1NC(=O)Nc1cnc2[nH]ccc2n1. The second-order valence-corrected chi connectivity index (χ2v) is 5.79. The Hall–Kier alpha value is -2.11. The van der Waals surface area contributed by atoms with Crippen LogP contribution in [0.1, 0.15) is 39.0 Å². The van der Waals surface area contributed by atoms with Gasteiger partial charge in [0.2, 0.25) is 0 Å². The van der Waals surface area contributed by atoms with Crippen LogP contribution >= 0.6 is 0 Å². The van der Waals surface area contributed by atoms with Gasteiger partial charge in [0.1, 0.15) is 5.52 Å². The normalized spacial score (nSPS) is 22.7. The van der Waals surface area contributed by atoms with E-state index < -0.39 is 0 Å². The number of hydrogen-bond donors (Lipinski definition) is 3. The summed E-state index contributed by atoms with van der Waals surface area (Å²) in [7, 11) is 0. The van der Waals surface area contributed by atoms with Crippen molar-refractivity contribution < 1.29 is 4.79 Å². The molecule has 112 valence electrons. The number of amides is 2. The van der Waals surface area contributed by atoms with E-state index in [9.17, 15) is 4.79 Å². The summed E-state index contributed by atoms with van der Waals surface area (Å²) in [6.45, 7) is 2.21. The average Bonchev–Trinajstić information content (AvgIpc) is 2.84. The first kappa shape index (κ1) is 13.9. The summed E-state index contributed by atoms with van der Waals surface area (Å²) in [6, 6.07) is 1.88. The summed E-state index contributed by atoms with van der Waals surface area (Å²) in [5.41, 5.74) is 1.47. The van der Waals surface area contributed by atoms with Crippen LogP contribution in [-0.2, 0) is 0 Å². The van der Waals surface area contributed by atoms with Crippen molar-refractivity contribution in [3.05, 3.63) is 18.5 Å². The molecule has 2 aromatic rings. The summed E-state index contributed by atoms with van der Waals surface area (Å²) < 4.78 is 0. The Morgan fingerprint density at radius 3 is 3.10 bits per heavy atom. The van der Waals surface area contributed by atoms with Gasteiger partial charge in [-0.25, -0.2) is 14.8 Å². The highest BCUT2D eigenvalue weighted by atomic mass is 16.2. The molecule has 2 unspecified atom stereocenters. The van der Waals surface area contributed by atoms with E-state index in [2.05, 4.69) is 32.5 Å². The highest BCUT2D eigenvalue weighted by Gasteiger charge is 2.21. The number of urea groups is 1. The van der Waals surface area contributed by atoms with Crippen LogP contribution in [0.25, 0.3) is 11.2 Å². The van der Waals surface area contributed by atoms with Crippen molar-refractivity contribution in [3.8, 4) is 0 Å². The average molecular weight is 287 g/mol. The molecule has 1 aliphatic carbocycles. The molecular weight excluding hydrogens is 266 g/mol. The van der Waals surface area contributed by atoms with Crippen LogP contribution in [0.2, 0.25) is 0 Å². The predicted octanol–water partition coefficient (Wildman–Crippen LogP) is 3.05. The summed E-state index contributed by atoms with van der Waals surface area (Å²) in [5.74, 6) is 0.998. The van der Waals surface area contributed by atoms with Crippen LogP contribution in [0.5, 0.6) is 0 Å². The molecule has 0 saturated heterocycles. The van der Waals surface area contributed by atoms with Gasteiger partial charge in [0.15, 0.2) is 11.5 Å². The predicted molar refractivity (Wildman–Crippen MR) is 82.1 cm³/mol. The Kier molecular flexibility index (Phi) is 4.03. The first-order valence-electron chi connectivity index (χ1n) is 7.60. The number of carbonyl (C=O) groups is 1. The van der Waals surface area contributed by atoms with E-state index in [4.69, 9.17) is 0 Å². The van der Waals surface area contributed by atoms with Gasteiger partial charge >= 0.3 is 6.03 Å². The molecule has 2 amide bonds. The molecule has 3 N–H and O–H groups in total. The second kappa shape index (κ2) is 6.11. The fourth-order valence-electron chi connectivity index (χ4n) is 2.92. The number of H-pyrrole nitrogens is 1. The standard InChI is InChI=1S/C15H21N5O/c1-10-5-3-2-4-6-11(10)19-15(21)20-13-9-17-14-12(18-13)7-8-16-14/h7-11H,2-6H2,1H3,(H,16,17)(H2,18,19,20,21). The molecule has 3 rings (SSSR count). The third-order valence-corrected chi connectivity index (χ3v) is 4.18. The zero-order chi connectivity index (χ0) is 14.7. The number of anilines is 1. The Bertz CT molecular complexity index is 623. The molecule has 6 nitrogen and oxygen atoms in total. The molecule has 2 atom stereocenters. The molecule has 0 aliphatic heterocycles. The molecule has 0 aromatic carbocycles. The molecule has 0 radical (unpaired) electrons. The molecular formula is C15H21N5O. The smallest absolute Gasteiger partial charge is 0.320 e. The van der Waals surface area contributed by atoms with Gasteiger partial charge in [-0.05, 0) is 24.8 Å². The van der Waals surface area contributed by atoms with Crippen LogP contribution in [0.15, 0.2) is 18.5 Å². The van der Waals surface area contributed by atoms with E-state index in [1.54, 1.807) is 12.4 Å². The van der Waals surface area contributed by atoms with Crippen LogP contribution in [0.4, 0.5) is 10.6 Å². The fraction of sp³-hybridized carbons (Fsp3) is 0.533. The Labute approximate surface area is 123 Å². The first-order valence-corrected chi connectivity index (χ1v) is 7.60. The number of aromatic amines is 1. The van der Waals surface area contributed by atoms with E-state index >= 15 is 0 Å². The number of nitrogens with zero attached hydrogens (tertiary/aromatic N) is 2. The Balaban J connectivity index is 1.62. The molecule has 2 aromatic heterocycles. The van der Waals surface area contributed by atoms with E-state index in [1.165, 1.54) is 25.7 Å². The van der Waals surface area contributed by atoms with Gasteiger partial charge < -0.3 is 10.3 Å². The molecule has 21 heavy (non-hydrogen) atoms. The largest absolute Gasteiger partial charge is 0.345 e. The number of rotatable bonds is 2. The summed E-state index contributed by atoms with van der Waals surface area (Å²) in [5, 5.41) is 5.85. The maximum Gasteiger partial charge on any atom is 0.320 e. The van der Waals surface area contributed by atoms with Gasteiger partial charge in [-0.1, -0.05) is 26.2 Å². The third kappa shape index (κ3) is 3.32. The molecule has 1 fully saturated rings. The molecule has 1 saturated carbocycles. The lowest BCUT2D eigenvalue weighted by atomic mass is 9.97. The Morgan fingerprint density at radius 2 is 2.19 bits per heavy atom. The van der Waals surface area contributed by atoms with Crippen molar-refractivity contribution in [1.82, 2.24) is 20.3 Å². The van der Waals surface area contributed by atoms with Crippen molar-refractivity contribution >= 4 is 23.0 Å². The second-order valence-electron chi connectivity index (χ2n) is 5.79. The number of aromatic nitrogens is 3. The van der Waals surface area contributed by atoms with Crippen molar-refractivity contribution in [2.24, 2.45) is 5.92 Å². The molecule has 0 bridgehead atoms. The lowest BCUT2D eigenvalue weighted by Gasteiger charge is -2.22. The number of fused-ring (bicyclic) bond motifs is 1. The van der Waals surface area contributed by atoms with Gasteiger partial charge in [0.05, 0.1) is 6.20 Å². The molecule has 2 heterocycles. The molecule has 1 aliphatic rings. The van der Waals surface area contributed by atoms with Gasteiger partial charge in [-0.3, -0.25) is 5.32 Å². The van der Waals surface area contributed by atoms with Crippen molar-refractivity contribution in [2.75, 3.05) is 5.32 Å². The number of carbonyl (C=O) groups excluding carboxylic acids is 1. The van der Waals surface area contributed by atoms with Crippen LogP contribution in [0, 0.1) is 5.92 Å². The van der Waals surface area contributed by atoms with Gasteiger partial charge in [-0.15, -0.1) is 0 Å². The van der Waals surface area contributed by atoms with Crippen molar-refractivity contribution in [3.63, 3.8) is 0 Å². The van der Waals surface area contributed by atoms with E-state index in [0.717, 1.165) is 17.6 Å². The van der Waals surface area contributed by atoms with Crippen LogP contribution in [-0.4, -0.2) is 27.0 Å². The first-order chi connectivity index (χ1) is 10.2. The summed E-state index contributed by atoms with van der Waals surface area (Å²) in [6.07, 6.45) is 9.29. The number of hydrogen-bond acceptors (Lipinski definition) is 3. The van der Waals surface area contributed by atoms with E-state index in [0.29, 0.717) is 11.7 Å². The summed E-state index contributed by atoms with van der Waals surface area (Å²) in [4.78, 5) is 23.6. The maximum atomic E-state index is 12.1. The van der Waals surface area contributed by atoms with Gasteiger partial charge in [0, 0.05) is 12.2 Å². The topological polar surface area (TPSA) is 82.7 Å². The van der Waals surface area contributed by atoms with Crippen LogP contribution in [0.3, 0.4) is 0 Å². The zero-order valence-electron chi connectivity index (χ0n) is 12.2. The fourth-order valence-corrected chi connectivity index (χ4v) is 2.92. The van der Waals surface area contributed by atoms with Crippen molar-refractivity contribution in [1.29, 1.82) is 0 Å². The quantitative estimate of drug-likeness (QED) is 0.742. The lowest BCUT2D eigenvalue weighted by molar-refractivity contribution is 0.242. The third-order valence-electron chi connectivity index (χ3n) is 4.18. The minimum atomic E-state index is -0.196. The minimum Gasteiger partial charge on any atom is -0.345 e. The van der Waals surface area contributed by atoms with Crippen molar-refractivity contribution in [2.45, 2.75) is 45.1 Å². The monoisotopic (exact) mass is 287 g/mol. The van der Waals surface area contributed by atoms with E-state index in [1.807, 2.05) is 6.07 Å². The molecule has 6 heteroatoms. The van der Waals surface area contributed by atoms with Gasteiger partial charge in [-0.2, -0.15) is 0 Å². The maximum absolute atomic E-state index is 12.1. The lowest BCUT2D eigenvalue weighted by Crippen LogP contribution is -2.41. The minimum absolute atomic E-state index is 0.196. The van der Waals surface area contributed by atoms with Crippen LogP contribution < -0.4 is 10.6 Å². The van der Waals surface area contributed by atoms with Gasteiger partial charge in [0.25, 0.3) is 0 Å². The highest BCUT2D eigenvalue weighted by Crippen LogP contribution is 2.23. The molecule has 0 spiro atoms. The Morgan fingerprint density at radius 1 is 1.33 bits per heavy atom.